The molecule has 2 aromatic carbocycles. The average Bonchev–Trinajstić information content (AvgIpc) is 2.82. The van der Waals surface area contributed by atoms with Gasteiger partial charge in [0, 0.05) is 21.4 Å². The standard InChI is InChI=1S/C17H11BrN2O/c18-11-5-6-15(17(21)9-11)20-14-4-2-1-3-12(14)13-7-8-19-10-16(13)20/h1-10,21H. The van der Waals surface area contributed by atoms with Crippen LogP contribution in [0.2, 0.25) is 0 Å². The van der Waals surface area contributed by atoms with Crippen LogP contribution in [0.3, 0.4) is 0 Å². The van der Waals surface area contributed by atoms with Crippen molar-refractivity contribution in [3.8, 4) is 11.4 Å². The Morgan fingerprint density at radius 3 is 2.62 bits per heavy atom. The van der Waals surface area contributed by atoms with Crippen molar-refractivity contribution in [2.45, 2.75) is 0 Å². The quantitative estimate of drug-likeness (QED) is 0.548. The van der Waals surface area contributed by atoms with Gasteiger partial charge in [0.1, 0.15) is 5.75 Å². The number of phenols is 1. The Balaban J connectivity index is 2.20. The third kappa shape index (κ3) is 1.83. The number of pyridine rings is 1. The molecule has 0 amide bonds. The number of rotatable bonds is 1. The maximum Gasteiger partial charge on any atom is 0.140 e. The van der Waals surface area contributed by atoms with Crippen LogP contribution in [0.5, 0.6) is 5.75 Å². The number of halogens is 1. The van der Waals surface area contributed by atoms with E-state index in [0.29, 0.717) is 0 Å². The monoisotopic (exact) mass is 338 g/mol. The Morgan fingerprint density at radius 2 is 1.76 bits per heavy atom. The third-order valence-corrected chi connectivity index (χ3v) is 4.15. The smallest absolute Gasteiger partial charge is 0.140 e. The maximum absolute atomic E-state index is 10.3. The Bertz CT molecular complexity index is 922. The molecule has 0 bridgehead atoms. The molecule has 1 N–H and O–H groups in total. The Hall–Kier alpha value is -2.33. The summed E-state index contributed by atoms with van der Waals surface area (Å²) < 4.78 is 2.89. The molecule has 0 fully saturated rings. The fourth-order valence-corrected chi connectivity index (χ4v) is 3.11. The molecule has 0 unspecified atom stereocenters. The Kier molecular flexibility index (Phi) is 2.72. The fourth-order valence-electron chi connectivity index (χ4n) is 2.76. The lowest BCUT2D eigenvalue weighted by Crippen LogP contribution is -1.94. The van der Waals surface area contributed by atoms with Gasteiger partial charge in [-0.3, -0.25) is 4.98 Å². The molecule has 21 heavy (non-hydrogen) atoms. The molecule has 0 atom stereocenters. The molecular weight excluding hydrogens is 328 g/mol. The first-order valence-electron chi connectivity index (χ1n) is 6.58. The van der Waals surface area contributed by atoms with Crippen molar-refractivity contribution in [2.75, 3.05) is 0 Å². The number of benzene rings is 2. The summed E-state index contributed by atoms with van der Waals surface area (Å²) in [5.41, 5.74) is 2.78. The van der Waals surface area contributed by atoms with E-state index >= 15 is 0 Å². The van der Waals surface area contributed by atoms with Crippen LogP contribution in [-0.4, -0.2) is 14.7 Å². The van der Waals surface area contributed by atoms with Crippen molar-refractivity contribution in [2.24, 2.45) is 0 Å². The number of aromatic nitrogens is 2. The van der Waals surface area contributed by atoms with Gasteiger partial charge in [0.25, 0.3) is 0 Å². The van der Waals surface area contributed by atoms with Crippen LogP contribution in [0.15, 0.2) is 65.4 Å². The van der Waals surface area contributed by atoms with Crippen molar-refractivity contribution >= 4 is 37.7 Å². The van der Waals surface area contributed by atoms with E-state index in [1.807, 2.05) is 41.1 Å². The first-order valence-corrected chi connectivity index (χ1v) is 7.37. The van der Waals surface area contributed by atoms with Crippen LogP contribution >= 0.6 is 15.9 Å². The Morgan fingerprint density at radius 1 is 0.952 bits per heavy atom. The highest BCUT2D eigenvalue weighted by atomic mass is 79.9. The summed E-state index contributed by atoms with van der Waals surface area (Å²) in [7, 11) is 0. The predicted octanol–water partition coefficient (Wildman–Crippen LogP) is 4.65. The van der Waals surface area contributed by atoms with Crippen molar-refractivity contribution in [3.05, 3.63) is 65.4 Å². The van der Waals surface area contributed by atoms with Crippen LogP contribution in [0.1, 0.15) is 0 Å². The number of phenolic OH excluding ortho intramolecular Hbond substituents is 1. The molecule has 2 aromatic heterocycles. The number of para-hydroxylation sites is 1. The second kappa shape index (κ2) is 4.60. The second-order valence-electron chi connectivity index (χ2n) is 4.88. The SMILES string of the molecule is Oc1cc(Br)ccc1-n1c2ccccc2c2ccncc21. The molecule has 0 saturated carbocycles. The normalized spacial score (nSPS) is 11.3. The van der Waals surface area contributed by atoms with Crippen molar-refractivity contribution in [1.82, 2.24) is 9.55 Å². The van der Waals surface area contributed by atoms with E-state index in [1.54, 1.807) is 12.3 Å². The Labute approximate surface area is 129 Å². The van der Waals surface area contributed by atoms with E-state index in [1.165, 1.54) is 0 Å². The van der Waals surface area contributed by atoms with Gasteiger partial charge in [-0.05, 0) is 30.3 Å². The van der Waals surface area contributed by atoms with Gasteiger partial charge in [-0.25, -0.2) is 0 Å². The molecule has 0 saturated heterocycles. The number of aromatic hydroxyl groups is 1. The lowest BCUT2D eigenvalue weighted by molar-refractivity contribution is 0.473. The van der Waals surface area contributed by atoms with Crippen molar-refractivity contribution < 1.29 is 5.11 Å². The number of hydrogen-bond acceptors (Lipinski definition) is 2. The molecular formula is C17H11BrN2O. The number of hydrogen-bond donors (Lipinski definition) is 1. The van der Waals surface area contributed by atoms with Gasteiger partial charge in [0.2, 0.25) is 0 Å². The van der Waals surface area contributed by atoms with E-state index in [9.17, 15) is 5.11 Å². The minimum atomic E-state index is 0.232. The maximum atomic E-state index is 10.3. The summed E-state index contributed by atoms with van der Waals surface area (Å²) in [6.45, 7) is 0. The van der Waals surface area contributed by atoms with Crippen LogP contribution in [0.25, 0.3) is 27.5 Å². The highest BCUT2D eigenvalue weighted by Gasteiger charge is 2.14. The van der Waals surface area contributed by atoms with E-state index in [-0.39, 0.29) is 5.75 Å². The van der Waals surface area contributed by atoms with Gasteiger partial charge in [0.15, 0.2) is 0 Å². The van der Waals surface area contributed by atoms with E-state index in [4.69, 9.17) is 0 Å². The highest BCUT2D eigenvalue weighted by Crippen LogP contribution is 2.35. The molecule has 0 aliphatic carbocycles. The predicted molar refractivity (Wildman–Crippen MR) is 87.9 cm³/mol. The summed E-state index contributed by atoms with van der Waals surface area (Å²) in [5.74, 6) is 0.232. The van der Waals surface area contributed by atoms with Crippen LogP contribution in [0, 0.1) is 0 Å². The molecule has 0 spiro atoms. The summed E-state index contributed by atoms with van der Waals surface area (Å²) in [5, 5.41) is 12.6. The third-order valence-electron chi connectivity index (χ3n) is 3.65. The summed E-state index contributed by atoms with van der Waals surface area (Å²) >= 11 is 3.38. The van der Waals surface area contributed by atoms with E-state index < -0.39 is 0 Å². The summed E-state index contributed by atoms with van der Waals surface area (Å²) in [6, 6.07) is 15.7. The van der Waals surface area contributed by atoms with Crippen LogP contribution < -0.4 is 0 Å². The molecule has 2 heterocycles. The lowest BCUT2D eigenvalue weighted by atomic mass is 10.2. The molecule has 4 rings (SSSR count). The zero-order valence-corrected chi connectivity index (χ0v) is 12.6. The molecule has 102 valence electrons. The van der Waals surface area contributed by atoms with Gasteiger partial charge < -0.3 is 9.67 Å². The topological polar surface area (TPSA) is 38.0 Å². The van der Waals surface area contributed by atoms with Gasteiger partial charge in [-0.1, -0.05) is 34.1 Å². The first-order chi connectivity index (χ1) is 10.3. The largest absolute Gasteiger partial charge is 0.506 e. The molecule has 4 heteroatoms. The van der Waals surface area contributed by atoms with Crippen LogP contribution in [-0.2, 0) is 0 Å². The molecule has 3 nitrogen and oxygen atoms in total. The zero-order valence-electron chi connectivity index (χ0n) is 11.0. The second-order valence-corrected chi connectivity index (χ2v) is 5.79. The van der Waals surface area contributed by atoms with Gasteiger partial charge >= 0.3 is 0 Å². The summed E-state index contributed by atoms with van der Waals surface area (Å²) in [6.07, 6.45) is 3.62. The molecule has 4 aromatic rings. The minimum absolute atomic E-state index is 0.232. The molecule has 0 radical (unpaired) electrons. The average molecular weight is 339 g/mol. The van der Waals surface area contributed by atoms with Gasteiger partial charge in [0.05, 0.1) is 22.9 Å². The van der Waals surface area contributed by atoms with Gasteiger partial charge in [-0.15, -0.1) is 0 Å². The zero-order chi connectivity index (χ0) is 14.4. The number of nitrogens with zero attached hydrogens (tertiary/aromatic N) is 2. The number of fused-ring (bicyclic) bond motifs is 3. The summed E-state index contributed by atoms with van der Waals surface area (Å²) in [4.78, 5) is 4.23. The lowest BCUT2D eigenvalue weighted by Gasteiger charge is -2.09. The van der Waals surface area contributed by atoms with E-state index in [2.05, 4.69) is 33.0 Å². The van der Waals surface area contributed by atoms with Gasteiger partial charge in [-0.2, -0.15) is 0 Å². The van der Waals surface area contributed by atoms with E-state index in [0.717, 1.165) is 32.0 Å². The van der Waals surface area contributed by atoms with Crippen molar-refractivity contribution in [3.63, 3.8) is 0 Å². The molecule has 0 aliphatic heterocycles. The minimum Gasteiger partial charge on any atom is -0.506 e. The van der Waals surface area contributed by atoms with Crippen LogP contribution in [0.4, 0.5) is 0 Å². The molecule has 0 aliphatic rings. The first kappa shape index (κ1) is 12.4. The fraction of sp³-hybridized carbons (Fsp3) is 0. The highest BCUT2D eigenvalue weighted by molar-refractivity contribution is 9.10. The van der Waals surface area contributed by atoms with Crippen molar-refractivity contribution in [1.29, 1.82) is 0 Å².